The van der Waals surface area contributed by atoms with E-state index in [4.69, 9.17) is 4.42 Å². The Morgan fingerprint density at radius 3 is 2.83 bits per heavy atom. The summed E-state index contributed by atoms with van der Waals surface area (Å²) >= 11 is 0. The van der Waals surface area contributed by atoms with Gasteiger partial charge in [0.05, 0.1) is 11.7 Å². The highest BCUT2D eigenvalue weighted by Gasteiger charge is 2.35. The van der Waals surface area contributed by atoms with E-state index < -0.39 is 5.41 Å². The van der Waals surface area contributed by atoms with Gasteiger partial charge in [-0.2, -0.15) is 0 Å². The number of hydrogen-bond donors (Lipinski definition) is 1. The summed E-state index contributed by atoms with van der Waals surface area (Å²) in [6.45, 7) is 4.51. The predicted molar refractivity (Wildman–Crippen MR) is 69.0 cm³/mol. The van der Waals surface area contributed by atoms with E-state index in [-0.39, 0.29) is 5.91 Å². The number of hydrogen-bond acceptors (Lipinski definition) is 2. The Hall–Kier alpha value is -2.03. The van der Waals surface area contributed by atoms with Crippen LogP contribution in [0.15, 0.2) is 41.0 Å². The molecule has 3 rings (SSSR count). The molecule has 2 aromatic rings. The summed E-state index contributed by atoms with van der Waals surface area (Å²) in [5.41, 5.74) is 2.78. The van der Waals surface area contributed by atoms with Crippen molar-refractivity contribution in [2.45, 2.75) is 25.8 Å². The zero-order valence-electron chi connectivity index (χ0n) is 10.5. The average Bonchev–Trinajstić information content (AvgIpc) is 2.88. The number of benzene rings is 1. The third-order valence-corrected chi connectivity index (χ3v) is 3.60. The van der Waals surface area contributed by atoms with E-state index in [9.17, 15) is 4.79 Å². The van der Waals surface area contributed by atoms with Gasteiger partial charge in [-0.1, -0.05) is 12.1 Å². The zero-order chi connectivity index (χ0) is 12.8. The van der Waals surface area contributed by atoms with Gasteiger partial charge in [-0.15, -0.1) is 0 Å². The summed E-state index contributed by atoms with van der Waals surface area (Å²) in [5, 5.41) is 2.92. The quantitative estimate of drug-likeness (QED) is 0.834. The fourth-order valence-electron chi connectivity index (χ4n) is 2.43. The summed E-state index contributed by atoms with van der Waals surface area (Å²) in [6.07, 6.45) is 1.66. The molecule has 1 N–H and O–H groups in total. The lowest BCUT2D eigenvalue weighted by Crippen LogP contribution is -2.44. The molecular formula is C15H15NO2. The summed E-state index contributed by atoms with van der Waals surface area (Å²) in [6, 6.07) is 9.96. The summed E-state index contributed by atoms with van der Waals surface area (Å²) < 4.78 is 5.41. The second-order valence-electron chi connectivity index (χ2n) is 5.16. The van der Waals surface area contributed by atoms with Crippen molar-refractivity contribution in [1.82, 2.24) is 5.32 Å². The van der Waals surface area contributed by atoms with E-state index in [0.717, 1.165) is 16.9 Å². The second-order valence-corrected chi connectivity index (χ2v) is 5.16. The molecule has 0 aliphatic carbocycles. The summed E-state index contributed by atoms with van der Waals surface area (Å²) in [5.74, 6) is 0.908. The van der Waals surface area contributed by atoms with Crippen LogP contribution in [0.2, 0.25) is 0 Å². The van der Waals surface area contributed by atoms with Gasteiger partial charge in [-0.3, -0.25) is 4.79 Å². The van der Waals surface area contributed by atoms with Gasteiger partial charge in [0.1, 0.15) is 5.76 Å². The van der Waals surface area contributed by atoms with E-state index in [1.807, 2.05) is 32.0 Å². The van der Waals surface area contributed by atoms with Crippen LogP contribution in [0.25, 0.3) is 11.3 Å². The van der Waals surface area contributed by atoms with Gasteiger partial charge >= 0.3 is 0 Å². The van der Waals surface area contributed by atoms with Crippen molar-refractivity contribution in [2.75, 3.05) is 0 Å². The Morgan fingerprint density at radius 2 is 2.11 bits per heavy atom. The first-order chi connectivity index (χ1) is 8.59. The summed E-state index contributed by atoms with van der Waals surface area (Å²) in [7, 11) is 0. The molecule has 1 aromatic heterocycles. The molecule has 0 fully saturated rings. The van der Waals surface area contributed by atoms with Crippen molar-refractivity contribution < 1.29 is 9.21 Å². The lowest BCUT2D eigenvalue weighted by atomic mass is 9.77. The first-order valence-corrected chi connectivity index (χ1v) is 6.04. The number of nitrogens with one attached hydrogen (secondary N) is 1. The van der Waals surface area contributed by atoms with E-state index in [2.05, 4.69) is 17.4 Å². The van der Waals surface area contributed by atoms with Crippen LogP contribution in [-0.2, 0) is 16.8 Å². The van der Waals surface area contributed by atoms with E-state index in [1.165, 1.54) is 5.56 Å². The summed E-state index contributed by atoms with van der Waals surface area (Å²) in [4.78, 5) is 11.9. The van der Waals surface area contributed by atoms with Gasteiger partial charge in [-0.25, -0.2) is 0 Å². The Morgan fingerprint density at radius 1 is 1.28 bits per heavy atom. The maximum absolute atomic E-state index is 11.9. The molecular weight excluding hydrogens is 226 g/mol. The first kappa shape index (κ1) is 11.1. The molecule has 0 spiro atoms. The third-order valence-electron chi connectivity index (χ3n) is 3.60. The molecule has 0 saturated heterocycles. The topological polar surface area (TPSA) is 42.2 Å². The standard InChI is InChI=1S/C15H15NO2/c1-15(2)12-8-10(13-4-3-7-18-13)5-6-11(12)9-16-14(15)17/h3-8H,9H2,1-2H3,(H,16,17). The van der Waals surface area contributed by atoms with Crippen LogP contribution in [-0.4, -0.2) is 5.91 Å². The number of carbonyl (C=O) groups excluding carboxylic acids is 1. The van der Waals surface area contributed by atoms with Crippen LogP contribution in [0, 0.1) is 0 Å². The smallest absolute Gasteiger partial charge is 0.230 e. The monoisotopic (exact) mass is 241 g/mol. The van der Waals surface area contributed by atoms with Gasteiger partial charge in [0, 0.05) is 12.1 Å². The number of fused-ring (bicyclic) bond motifs is 1. The average molecular weight is 241 g/mol. The minimum atomic E-state index is -0.490. The minimum Gasteiger partial charge on any atom is -0.464 e. The number of carbonyl (C=O) groups is 1. The Balaban J connectivity index is 2.15. The van der Waals surface area contributed by atoms with Gasteiger partial charge in [0.2, 0.25) is 5.91 Å². The molecule has 1 aliphatic heterocycles. The molecule has 18 heavy (non-hydrogen) atoms. The molecule has 2 heterocycles. The highest BCUT2D eigenvalue weighted by molar-refractivity contribution is 5.89. The van der Waals surface area contributed by atoms with Gasteiger partial charge < -0.3 is 9.73 Å². The van der Waals surface area contributed by atoms with Crippen molar-refractivity contribution in [2.24, 2.45) is 0 Å². The van der Waals surface area contributed by atoms with Crippen LogP contribution in [0.4, 0.5) is 0 Å². The highest BCUT2D eigenvalue weighted by atomic mass is 16.3. The number of furan rings is 1. The largest absolute Gasteiger partial charge is 0.464 e. The van der Waals surface area contributed by atoms with E-state index in [0.29, 0.717) is 6.54 Å². The van der Waals surface area contributed by atoms with Crippen molar-refractivity contribution >= 4 is 5.91 Å². The number of amides is 1. The Bertz CT molecular complexity index is 597. The lowest BCUT2D eigenvalue weighted by Gasteiger charge is -2.32. The normalized spacial score (nSPS) is 17.1. The molecule has 0 unspecified atom stereocenters. The molecule has 0 radical (unpaired) electrons. The first-order valence-electron chi connectivity index (χ1n) is 6.04. The lowest BCUT2D eigenvalue weighted by molar-refractivity contribution is -0.126. The minimum absolute atomic E-state index is 0.0756. The van der Waals surface area contributed by atoms with Crippen LogP contribution < -0.4 is 5.32 Å². The van der Waals surface area contributed by atoms with Gasteiger partial charge in [-0.05, 0) is 43.2 Å². The highest BCUT2D eigenvalue weighted by Crippen LogP contribution is 2.33. The van der Waals surface area contributed by atoms with Gasteiger partial charge in [0.15, 0.2) is 0 Å². The van der Waals surface area contributed by atoms with Crippen molar-refractivity contribution in [1.29, 1.82) is 0 Å². The fourth-order valence-corrected chi connectivity index (χ4v) is 2.43. The Labute approximate surface area is 106 Å². The molecule has 1 aliphatic rings. The maximum Gasteiger partial charge on any atom is 0.230 e. The molecule has 3 nitrogen and oxygen atoms in total. The van der Waals surface area contributed by atoms with Crippen molar-refractivity contribution in [3.05, 3.63) is 47.7 Å². The molecule has 0 atom stereocenters. The van der Waals surface area contributed by atoms with Gasteiger partial charge in [0.25, 0.3) is 0 Å². The molecule has 92 valence electrons. The third kappa shape index (κ3) is 1.55. The predicted octanol–water partition coefficient (Wildman–Crippen LogP) is 2.85. The van der Waals surface area contributed by atoms with Crippen LogP contribution in [0.1, 0.15) is 25.0 Å². The zero-order valence-corrected chi connectivity index (χ0v) is 10.5. The van der Waals surface area contributed by atoms with E-state index >= 15 is 0 Å². The van der Waals surface area contributed by atoms with Crippen LogP contribution >= 0.6 is 0 Å². The number of rotatable bonds is 1. The van der Waals surface area contributed by atoms with E-state index in [1.54, 1.807) is 6.26 Å². The van der Waals surface area contributed by atoms with Crippen molar-refractivity contribution in [3.63, 3.8) is 0 Å². The molecule has 0 saturated carbocycles. The van der Waals surface area contributed by atoms with Crippen LogP contribution in [0.3, 0.4) is 0 Å². The Kier molecular flexibility index (Phi) is 2.30. The maximum atomic E-state index is 11.9. The fraction of sp³-hybridized carbons (Fsp3) is 0.267. The molecule has 1 amide bonds. The molecule has 0 bridgehead atoms. The molecule has 1 aromatic carbocycles. The van der Waals surface area contributed by atoms with Crippen LogP contribution in [0.5, 0.6) is 0 Å². The van der Waals surface area contributed by atoms with Crippen molar-refractivity contribution in [3.8, 4) is 11.3 Å². The SMILES string of the molecule is CC1(C)C(=O)NCc2ccc(-c3ccco3)cc21. The molecule has 3 heteroatoms. The second kappa shape index (κ2) is 3.73.